The molecule has 0 aliphatic carbocycles. The number of benzene rings is 4. The number of esters is 1. The summed E-state index contributed by atoms with van der Waals surface area (Å²) in [5.41, 5.74) is 5.18. The molecule has 6 nitrogen and oxygen atoms in total. The smallest absolute Gasteiger partial charge is 0.344 e. The van der Waals surface area contributed by atoms with Crippen molar-refractivity contribution in [2.45, 2.75) is 6.61 Å². The number of ether oxygens (including phenoxy) is 2. The molecule has 1 N–H and O–H groups in total. The van der Waals surface area contributed by atoms with E-state index in [2.05, 4.69) is 33.1 Å². The lowest BCUT2D eigenvalue weighted by Crippen LogP contribution is -2.17. The molecule has 180 valence electrons. The fourth-order valence-corrected chi connectivity index (χ4v) is 3.82. The van der Waals surface area contributed by atoms with Gasteiger partial charge in [0.25, 0.3) is 5.91 Å². The van der Waals surface area contributed by atoms with Crippen molar-refractivity contribution in [2.24, 2.45) is 5.10 Å². The van der Waals surface area contributed by atoms with Gasteiger partial charge in [0.2, 0.25) is 0 Å². The number of hydrogen-bond acceptors (Lipinski definition) is 5. The van der Waals surface area contributed by atoms with Crippen LogP contribution in [0.5, 0.6) is 11.5 Å². The van der Waals surface area contributed by atoms with Crippen molar-refractivity contribution in [3.8, 4) is 11.5 Å². The van der Waals surface area contributed by atoms with Crippen LogP contribution in [0.1, 0.15) is 31.8 Å². The van der Waals surface area contributed by atoms with Gasteiger partial charge < -0.3 is 9.47 Å². The Bertz CT molecular complexity index is 1370. The molecule has 0 aliphatic heterocycles. The van der Waals surface area contributed by atoms with Crippen LogP contribution in [0.4, 0.5) is 0 Å². The minimum absolute atomic E-state index is 0.349. The summed E-state index contributed by atoms with van der Waals surface area (Å²) in [5, 5.41) is 4.67. The van der Waals surface area contributed by atoms with E-state index in [9.17, 15) is 9.59 Å². The molecular formula is C28H20ClIN2O4. The normalized spacial score (nSPS) is 10.7. The van der Waals surface area contributed by atoms with Gasteiger partial charge in [0.05, 0.1) is 11.8 Å². The third-order valence-corrected chi connectivity index (χ3v) is 6.19. The van der Waals surface area contributed by atoms with Crippen LogP contribution in [0.25, 0.3) is 0 Å². The highest BCUT2D eigenvalue weighted by Crippen LogP contribution is 2.18. The van der Waals surface area contributed by atoms with Gasteiger partial charge in [-0.1, -0.05) is 35.9 Å². The lowest BCUT2D eigenvalue weighted by Gasteiger charge is -2.07. The highest BCUT2D eigenvalue weighted by atomic mass is 127. The molecule has 0 saturated carbocycles. The number of nitrogens with zero attached hydrogens (tertiary/aromatic N) is 1. The minimum Gasteiger partial charge on any atom is -0.489 e. The van der Waals surface area contributed by atoms with E-state index in [1.807, 2.05) is 36.4 Å². The summed E-state index contributed by atoms with van der Waals surface area (Å²) in [5.74, 6) is 0.292. The Balaban J connectivity index is 1.26. The maximum atomic E-state index is 12.4. The van der Waals surface area contributed by atoms with Gasteiger partial charge in [-0.15, -0.1) is 0 Å². The first-order valence-corrected chi connectivity index (χ1v) is 12.3. The Morgan fingerprint density at radius 3 is 2.22 bits per heavy atom. The SMILES string of the molecule is O=C(N/N=C/c1ccc(OC(=O)c2ccccc2I)cc1)c1ccc(OCc2ccc(Cl)cc2)cc1. The molecular weight excluding hydrogens is 591 g/mol. The Labute approximate surface area is 227 Å². The number of nitrogens with one attached hydrogen (secondary N) is 1. The van der Waals surface area contributed by atoms with Crippen LogP contribution in [0.15, 0.2) is 102 Å². The summed E-state index contributed by atoms with van der Waals surface area (Å²) in [6.45, 7) is 0.399. The molecule has 1 amide bonds. The summed E-state index contributed by atoms with van der Waals surface area (Å²) in [6, 6.07) is 28.2. The lowest BCUT2D eigenvalue weighted by molar-refractivity contribution is 0.0733. The molecule has 0 radical (unpaired) electrons. The molecule has 4 rings (SSSR count). The third-order valence-electron chi connectivity index (χ3n) is 5.00. The second kappa shape index (κ2) is 12.3. The molecule has 0 aliphatic rings. The number of carbonyl (C=O) groups is 2. The predicted molar refractivity (Wildman–Crippen MR) is 148 cm³/mol. The molecule has 0 atom stereocenters. The van der Waals surface area contributed by atoms with E-state index in [0.29, 0.717) is 34.3 Å². The van der Waals surface area contributed by atoms with Gasteiger partial charge in [-0.3, -0.25) is 4.79 Å². The molecule has 0 unspecified atom stereocenters. The standard InChI is InChI=1S/C28H20ClIN2O4/c29-22-11-5-20(6-12-22)18-35-23-15-9-21(10-16-23)27(33)32-31-17-19-7-13-24(14-8-19)36-28(34)25-3-1-2-4-26(25)30/h1-17H,18H2,(H,32,33)/b31-17+. The van der Waals surface area contributed by atoms with Gasteiger partial charge in [-0.25, -0.2) is 10.2 Å². The number of rotatable bonds is 8. The Kier molecular flexibility index (Phi) is 8.70. The molecule has 0 bridgehead atoms. The largest absolute Gasteiger partial charge is 0.489 e. The first kappa shape index (κ1) is 25.4. The summed E-state index contributed by atoms with van der Waals surface area (Å²) >= 11 is 7.98. The average Bonchev–Trinajstić information content (AvgIpc) is 2.90. The summed E-state index contributed by atoms with van der Waals surface area (Å²) < 4.78 is 12.0. The molecule has 4 aromatic carbocycles. The molecule has 0 fully saturated rings. The van der Waals surface area contributed by atoms with E-state index in [-0.39, 0.29) is 5.91 Å². The van der Waals surface area contributed by atoms with E-state index in [1.54, 1.807) is 60.7 Å². The predicted octanol–water partition coefficient (Wildman–Crippen LogP) is 6.51. The topological polar surface area (TPSA) is 77.0 Å². The van der Waals surface area contributed by atoms with Crippen molar-refractivity contribution >= 4 is 52.3 Å². The van der Waals surface area contributed by atoms with Crippen LogP contribution >= 0.6 is 34.2 Å². The molecule has 8 heteroatoms. The number of halogens is 2. The average molecular weight is 611 g/mol. The van der Waals surface area contributed by atoms with Crippen molar-refractivity contribution in [1.82, 2.24) is 5.43 Å². The van der Waals surface area contributed by atoms with Crippen molar-refractivity contribution in [3.63, 3.8) is 0 Å². The number of hydrazone groups is 1. The van der Waals surface area contributed by atoms with Crippen molar-refractivity contribution < 1.29 is 19.1 Å². The van der Waals surface area contributed by atoms with Crippen LogP contribution < -0.4 is 14.9 Å². The van der Waals surface area contributed by atoms with Gasteiger partial charge in [-0.05, 0) is 107 Å². The molecule has 0 spiro atoms. The van der Waals surface area contributed by atoms with Crippen molar-refractivity contribution in [3.05, 3.63) is 128 Å². The minimum atomic E-state index is -0.421. The molecule has 0 aromatic heterocycles. The van der Waals surface area contributed by atoms with Crippen LogP contribution in [-0.4, -0.2) is 18.1 Å². The molecule has 0 heterocycles. The first-order chi connectivity index (χ1) is 17.5. The highest BCUT2D eigenvalue weighted by Gasteiger charge is 2.11. The van der Waals surface area contributed by atoms with Gasteiger partial charge in [-0.2, -0.15) is 5.10 Å². The summed E-state index contributed by atoms with van der Waals surface area (Å²) in [6.07, 6.45) is 1.51. The van der Waals surface area contributed by atoms with E-state index in [0.717, 1.165) is 14.7 Å². The number of amides is 1. The van der Waals surface area contributed by atoms with E-state index >= 15 is 0 Å². The van der Waals surface area contributed by atoms with Crippen LogP contribution in [0, 0.1) is 3.57 Å². The number of carbonyl (C=O) groups excluding carboxylic acids is 2. The monoisotopic (exact) mass is 610 g/mol. The fourth-order valence-electron chi connectivity index (χ4n) is 3.09. The third kappa shape index (κ3) is 7.16. The zero-order valence-corrected chi connectivity index (χ0v) is 21.8. The lowest BCUT2D eigenvalue weighted by atomic mass is 10.2. The second-order valence-electron chi connectivity index (χ2n) is 7.58. The van der Waals surface area contributed by atoms with Gasteiger partial charge in [0.1, 0.15) is 18.1 Å². The van der Waals surface area contributed by atoms with Crippen LogP contribution in [0.3, 0.4) is 0 Å². The summed E-state index contributed by atoms with van der Waals surface area (Å²) in [4.78, 5) is 24.7. The zero-order chi connectivity index (χ0) is 25.3. The van der Waals surface area contributed by atoms with Crippen molar-refractivity contribution in [1.29, 1.82) is 0 Å². The maximum Gasteiger partial charge on any atom is 0.344 e. The Hall–Kier alpha value is -3.69. The molecule has 4 aromatic rings. The first-order valence-electron chi connectivity index (χ1n) is 10.9. The fraction of sp³-hybridized carbons (Fsp3) is 0.0357. The number of hydrogen-bond donors (Lipinski definition) is 1. The van der Waals surface area contributed by atoms with Gasteiger partial charge in [0.15, 0.2) is 0 Å². The molecule has 36 heavy (non-hydrogen) atoms. The molecule has 0 saturated heterocycles. The van der Waals surface area contributed by atoms with Crippen LogP contribution in [-0.2, 0) is 6.61 Å². The Morgan fingerprint density at radius 1 is 0.861 bits per heavy atom. The highest BCUT2D eigenvalue weighted by molar-refractivity contribution is 14.1. The Morgan fingerprint density at radius 2 is 1.53 bits per heavy atom. The van der Waals surface area contributed by atoms with E-state index in [4.69, 9.17) is 21.1 Å². The van der Waals surface area contributed by atoms with E-state index < -0.39 is 5.97 Å². The summed E-state index contributed by atoms with van der Waals surface area (Å²) in [7, 11) is 0. The van der Waals surface area contributed by atoms with E-state index in [1.165, 1.54) is 6.21 Å². The quantitative estimate of drug-likeness (QED) is 0.0812. The zero-order valence-electron chi connectivity index (χ0n) is 18.9. The van der Waals surface area contributed by atoms with Gasteiger partial charge >= 0.3 is 5.97 Å². The van der Waals surface area contributed by atoms with Crippen molar-refractivity contribution in [2.75, 3.05) is 0 Å². The maximum absolute atomic E-state index is 12.4. The second-order valence-corrected chi connectivity index (χ2v) is 9.18. The van der Waals surface area contributed by atoms with Gasteiger partial charge in [0, 0.05) is 14.2 Å². The van der Waals surface area contributed by atoms with Crippen LogP contribution in [0.2, 0.25) is 5.02 Å².